The van der Waals surface area contributed by atoms with E-state index in [4.69, 9.17) is 18.9 Å². The molecule has 6 heterocycles. The van der Waals surface area contributed by atoms with Crippen LogP contribution in [0.1, 0.15) is 0 Å². The first-order valence-corrected chi connectivity index (χ1v) is 28.1. The van der Waals surface area contributed by atoms with Crippen LogP contribution in [0.2, 0.25) is 0 Å². The van der Waals surface area contributed by atoms with Crippen molar-refractivity contribution in [2.24, 2.45) is 0 Å². The lowest BCUT2D eigenvalue weighted by atomic mass is 9.35. The van der Waals surface area contributed by atoms with Crippen LogP contribution in [0.3, 0.4) is 0 Å². The molecule has 0 atom stereocenters. The molecule has 14 aromatic rings. The highest BCUT2D eigenvalue weighted by Crippen LogP contribution is 2.52. The van der Waals surface area contributed by atoms with Crippen LogP contribution < -0.4 is 51.7 Å². The molecule has 5 nitrogen and oxygen atoms in total. The quantitative estimate of drug-likeness (QED) is 0.161. The topological polar surface area (TPSA) is 41.9 Å². The Labute approximate surface area is 465 Å². The summed E-state index contributed by atoms with van der Waals surface area (Å²) in [6.45, 7) is -0.0260. The van der Waals surface area contributed by atoms with Gasteiger partial charge in [0.2, 0.25) is 0 Å². The van der Waals surface area contributed by atoms with Crippen molar-refractivity contribution in [1.29, 1.82) is 0 Å². The predicted molar refractivity (Wildman–Crippen MR) is 331 cm³/mol. The molecule has 80 heavy (non-hydrogen) atoms. The zero-order valence-corrected chi connectivity index (χ0v) is 43.6. The summed E-state index contributed by atoms with van der Waals surface area (Å²) < 4.78 is 32.6. The van der Waals surface area contributed by atoms with E-state index < -0.39 is 0 Å². The number of hydrogen-bond donors (Lipinski definition) is 0. The van der Waals surface area contributed by atoms with E-state index in [1.165, 1.54) is 30.9 Å². The number of fused-ring (bicyclic) bond motifs is 15. The number of rotatable bonds is 5. The van der Waals surface area contributed by atoms with Crippen molar-refractivity contribution in [3.63, 3.8) is 0 Å². The van der Waals surface area contributed by atoms with Crippen molar-refractivity contribution in [3.8, 4) is 96.2 Å². The molecule has 0 radical (unpaired) electrons. The molecule has 2 aromatic heterocycles. The number of nitrogens with zero attached hydrogens (tertiary/aromatic N) is 1. The Hall–Kier alpha value is -10.0. The predicted octanol–water partition coefficient (Wildman–Crippen LogP) is 15.3. The van der Waals surface area contributed by atoms with E-state index in [1.54, 1.807) is 0 Å². The van der Waals surface area contributed by atoms with Crippen LogP contribution in [0.25, 0.3) is 92.2 Å². The molecule has 0 saturated carbocycles. The fourth-order valence-corrected chi connectivity index (χ4v) is 15.0. The largest absolute Gasteiger partial charge is 0.458 e. The van der Waals surface area contributed by atoms with E-state index >= 15 is 0 Å². The molecule has 12 aromatic carbocycles. The van der Waals surface area contributed by atoms with Crippen LogP contribution in [-0.4, -0.2) is 18.0 Å². The fraction of sp³-hybridized carbons (Fsp3) is 0. The summed E-state index contributed by atoms with van der Waals surface area (Å²) >= 11 is 1.88. The number of benzene rings is 12. The number of thiophene rings is 1. The molecule has 0 bridgehead atoms. The van der Waals surface area contributed by atoms with Gasteiger partial charge in [0.25, 0.3) is 13.4 Å². The average Bonchev–Trinajstić information content (AvgIpc) is 4.27. The molecule has 4 aliphatic rings. The van der Waals surface area contributed by atoms with Gasteiger partial charge in [-0.25, -0.2) is 0 Å². The Balaban J connectivity index is 0.896. The SMILES string of the molecule is c1ccc(-n2c3c(-c4ccccc4-c4cc5c6c(c4)Oc4ccccc4B6c4ccccc4O5)cccc3c3c4sc5ccccc5c4cc(-c4ccccc4-c4cc5c6c(c4)Oc4ccccc4B6c4ccccc4O5)c32)cc1. The van der Waals surface area contributed by atoms with Crippen LogP contribution >= 0.6 is 11.3 Å². The summed E-state index contributed by atoms with van der Waals surface area (Å²) in [5.74, 6) is 6.72. The van der Waals surface area contributed by atoms with E-state index in [1.807, 2.05) is 11.3 Å². The molecule has 370 valence electrons. The second-order valence-electron chi connectivity index (χ2n) is 21.3. The molecular weight excluding hydrogens is 996 g/mol. The molecule has 0 aliphatic carbocycles. The van der Waals surface area contributed by atoms with Crippen LogP contribution in [0, 0.1) is 0 Å². The minimum Gasteiger partial charge on any atom is -0.458 e. The molecule has 0 spiro atoms. The van der Waals surface area contributed by atoms with Crippen molar-refractivity contribution >= 4 is 99.5 Å². The smallest absolute Gasteiger partial charge is 0.260 e. The maximum absolute atomic E-state index is 6.91. The van der Waals surface area contributed by atoms with Gasteiger partial charge in [-0.05, 0) is 128 Å². The molecule has 0 N–H and O–H groups in total. The Morgan fingerprint density at radius 1 is 0.300 bits per heavy atom. The molecular formula is C72H41B2NO4S. The standard InChI is InChI=1S/C72H41B2NO4S/c1-2-19-44(20-3-1)75-70-50(47-23-6-4-21-45(47)42-37-62-68-63(38-42)77-59-33-14-10-29-55(59)73(68)54-28-9-13-32-58(54)76-62)26-18-27-51(70)67-71(75)52(41-53-49-25-8-17-36-66(49)80-72(53)67)48-24-7-5-22-46(48)43-39-64-69-65(40-43)79-61-35-16-12-31-57(61)74(69)56-30-11-15-34-60(56)78-64/h1-41H. The van der Waals surface area contributed by atoms with Crippen LogP contribution in [0.4, 0.5) is 0 Å². The van der Waals surface area contributed by atoms with Gasteiger partial charge < -0.3 is 23.5 Å². The number of aromatic nitrogens is 1. The fourth-order valence-electron chi connectivity index (χ4n) is 13.7. The van der Waals surface area contributed by atoms with E-state index in [0.29, 0.717) is 0 Å². The van der Waals surface area contributed by atoms with Gasteiger partial charge in [-0.3, -0.25) is 0 Å². The lowest BCUT2D eigenvalue weighted by Crippen LogP contribution is -2.57. The number of para-hydroxylation sites is 6. The van der Waals surface area contributed by atoms with E-state index in [-0.39, 0.29) is 13.4 Å². The summed E-state index contributed by atoms with van der Waals surface area (Å²) in [4.78, 5) is 0. The zero-order chi connectivity index (χ0) is 52.2. The third-order valence-corrected chi connectivity index (χ3v) is 18.3. The van der Waals surface area contributed by atoms with Gasteiger partial charge in [-0.15, -0.1) is 11.3 Å². The third kappa shape index (κ3) is 6.25. The zero-order valence-electron chi connectivity index (χ0n) is 42.8. The molecule has 0 unspecified atom stereocenters. The van der Waals surface area contributed by atoms with Crippen molar-refractivity contribution in [2.75, 3.05) is 0 Å². The second kappa shape index (κ2) is 16.7. The van der Waals surface area contributed by atoms with Crippen molar-refractivity contribution in [3.05, 3.63) is 249 Å². The molecule has 0 saturated heterocycles. The highest BCUT2D eigenvalue weighted by Gasteiger charge is 2.42. The summed E-state index contributed by atoms with van der Waals surface area (Å²) in [7, 11) is 0. The first-order valence-electron chi connectivity index (χ1n) is 27.3. The second-order valence-corrected chi connectivity index (χ2v) is 22.3. The summed E-state index contributed by atoms with van der Waals surface area (Å²) in [5.41, 5.74) is 18.7. The van der Waals surface area contributed by atoms with Crippen molar-refractivity contribution in [1.82, 2.24) is 4.57 Å². The minimum atomic E-state index is -0.0156. The highest BCUT2D eigenvalue weighted by atomic mass is 32.1. The summed E-state index contributed by atoms with van der Waals surface area (Å²) in [5, 5.41) is 4.87. The highest BCUT2D eigenvalue weighted by molar-refractivity contribution is 7.26. The van der Waals surface area contributed by atoms with Crippen molar-refractivity contribution < 1.29 is 18.9 Å². The van der Waals surface area contributed by atoms with E-state index in [0.717, 1.165) is 140 Å². The van der Waals surface area contributed by atoms with Gasteiger partial charge >= 0.3 is 0 Å². The van der Waals surface area contributed by atoms with Gasteiger partial charge in [0.15, 0.2) is 0 Å². The molecule has 0 amide bonds. The monoisotopic (exact) mass is 1040 g/mol. The summed E-state index contributed by atoms with van der Waals surface area (Å²) in [6, 6.07) is 89.4. The van der Waals surface area contributed by atoms with E-state index in [9.17, 15) is 0 Å². The van der Waals surface area contributed by atoms with Gasteiger partial charge in [0.1, 0.15) is 46.0 Å². The minimum absolute atomic E-state index is 0.0104. The van der Waals surface area contributed by atoms with Crippen LogP contribution in [0.15, 0.2) is 249 Å². The Kier molecular flexibility index (Phi) is 9.22. The molecule has 4 aliphatic heterocycles. The van der Waals surface area contributed by atoms with Crippen molar-refractivity contribution in [2.45, 2.75) is 0 Å². The number of ether oxygens (including phenoxy) is 4. The first kappa shape index (κ1) is 44.0. The number of hydrogen-bond acceptors (Lipinski definition) is 5. The molecule has 0 fully saturated rings. The van der Waals surface area contributed by atoms with Gasteiger partial charge in [-0.2, -0.15) is 0 Å². The van der Waals surface area contributed by atoms with Gasteiger partial charge in [-0.1, -0.05) is 176 Å². The first-order chi connectivity index (χ1) is 39.7. The Morgan fingerprint density at radius 2 is 0.713 bits per heavy atom. The van der Waals surface area contributed by atoms with Gasteiger partial charge in [0, 0.05) is 58.7 Å². The molecule has 18 rings (SSSR count). The van der Waals surface area contributed by atoms with E-state index in [2.05, 4.69) is 253 Å². The third-order valence-electron chi connectivity index (χ3n) is 17.1. The summed E-state index contributed by atoms with van der Waals surface area (Å²) in [6.07, 6.45) is 0. The lowest BCUT2D eigenvalue weighted by Gasteiger charge is -2.33. The maximum atomic E-state index is 6.91. The lowest BCUT2D eigenvalue weighted by molar-refractivity contribution is 0.464. The van der Waals surface area contributed by atoms with Crippen LogP contribution in [0.5, 0.6) is 46.0 Å². The van der Waals surface area contributed by atoms with Crippen LogP contribution in [-0.2, 0) is 0 Å². The maximum Gasteiger partial charge on any atom is 0.260 e. The average molecular weight is 1040 g/mol. The Bertz CT molecular complexity index is 4860. The Morgan fingerprint density at radius 3 is 1.24 bits per heavy atom. The molecule has 8 heteroatoms. The normalized spacial score (nSPS) is 13.1. The van der Waals surface area contributed by atoms with Gasteiger partial charge in [0.05, 0.1) is 11.0 Å².